The summed E-state index contributed by atoms with van der Waals surface area (Å²) >= 11 is 11.7. The minimum atomic E-state index is -0.433. The van der Waals surface area contributed by atoms with Gasteiger partial charge in [-0.1, -0.05) is 20.8 Å². The van der Waals surface area contributed by atoms with Gasteiger partial charge in [0.2, 0.25) is 5.91 Å². The molecule has 0 aromatic carbocycles. The Kier molecular flexibility index (Phi) is 7.37. The number of amides is 1. The molecular formula is C11H21Cl2NO. The number of hydrogen-bond donors (Lipinski definition) is 1. The van der Waals surface area contributed by atoms with E-state index in [0.29, 0.717) is 24.1 Å². The Bertz CT molecular complexity index is 183. The molecule has 0 aliphatic rings. The van der Waals surface area contributed by atoms with E-state index in [2.05, 4.69) is 19.2 Å². The highest BCUT2D eigenvalue weighted by atomic mass is 35.5. The molecule has 0 fully saturated rings. The molecule has 1 amide bonds. The first-order chi connectivity index (χ1) is 6.99. The monoisotopic (exact) mass is 253 g/mol. The zero-order valence-corrected chi connectivity index (χ0v) is 11.3. The van der Waals surface area contributed by atoms with E-state index in [-0.39, 0.29) is 5.91 Å². The van der Waals surface area contributed by atoms with Crippen molar-refractivity contribution in [2.45, 2.75) is 45.6 Å². The molecule has 0 aromatic rings. The van der Waals surface area contributed by atoms with Crippen molar-refractivity contribution < 1.29 is 4.79 Å². The number of carbonyl (C=O) groups is 1. The van der Waals surface area contributed by atoms with E-state index in [1.54, 1.807) is 0 Å². The molecule has 0 aliphatic heterocycles. The summed E-state index contributed by atoms with van der Waals surface area (Å²) in [6.45, 7) is 6.18. The molecule has 2 nitrogen and oxygen atoms in total. The topological polar surface area (TPSA) is 29.1 Å². The van der Waals surface area contributed by atoms with Crippen LogP contribution in [-0.4, -0.2) is 23.2 Å². The lowest BCUT2D eigenvalue weighted by Crippen LogP contribution is -2.51. The second-order valence-corrected chi connectivity index (χ2v) is 4.92. The third kappa shape index (κ3) is 5.62. The van der Waals surface area contributed by atoms with Crippen LogP contribution in [0.4, 0.5) is 0 Å². The predicted octanol–water partition coefficient (Wildman–Crippen LogP) is 3.17. The molecule has 1 N–H and O–H groups in total. The summed E-state index contributed by atoms with van der Waals surface area (Å²) in [6.07, 6.45) is 2.21. The molecule has 90 valence electrons. The van der Waals surface area contributed by atoms with Crippen LogP contribution in [0.2, 0.25) is 0 Å². The first-order valence-corrected chi connectivity index (χ1v) is 6.49. The predicted molar refractivity (Wildman–Crippen MR) is 66.7 cm³/mol. The van der Waals surface area contributed by atoms with Crippen LogP contribution < -0.4 is 5.32 Å². The van der Waals surface area contributed by atoms with Crippen LogP contribution in [0.3, 0.4) is 0 Å². The van der Waals surface area contributed by atoms with Crippen LogP contribution in [0.15, 0.2) is 0 Å². The van der Waals surface area contributed by atoms with Crippen molar-refractivity contribution in [1.82, 2.24) is 5.32 Å². The van der Waals surface area contributed by atoms with Gasteiger partial charge in [-0.15, -0.1) is 23.2 Å². The summed E-state index contributed by atoms with van der Waals surface area (Å²) in [4.78, 5) is 11.6. The minimum Gasteiger partial charge on any atom is -0.348 e. The Balaban J connectivity index is 4.11. The Morgan fingerprint density at radius 1 is 1.33 bits per heavy atom. The van der Waals surface area contributed by atoms with E-state index >= 15 is 0 Å². The molecular weight excluding hydrogens is 233 g/mol. The number of halogens is 2. The van der Waals surface area contributed by atoms with E-state index in [1.807, 2.05) is 6.92 Å². The fourth-order valence-corrected chi connectivity index (χ4v) is 1.96. The van der Waals surface area contributed by atoms with E-state index in [1.165, 1.54) is 0 Å². The highest BCUT2D eigenvalue weighted by molar-refractivity contribution is 6.22. The van der Waals surface area contributed by atoms with Crippen molar-refractivity contribution >= 4 is 29.1 Å². The molecule has 4 heteroatoms. The van der Waals surface area contributed by atoms with Crippen molar-refractivity contribution in [3.8, 4) is 0 Å². The lowest BCUT2D eigenvalue weighted by atomic mass is 10.0. The van der Waals surface area contributed by atoms with Crippen molar-refractivity contribution in [1.29, 1.82) is 0 Å². The quantitative estimate of drug-likeness (QED) is 0.695. The molecule has 0 spiro atoms. The Hall–Kier alpha value is 0.0500. The lowest BCUT2D eigenvalue weighted by molar-refractivity contribution is -0.122. The maximum atomic E-state index is 11.6. The summed E-state index contributed by atoms with van der Waals surface area (Å²) in [7, 11) is 0. The third-order valence-corrected chi connectivity index (χ3v) is 3.56. The van der Waals surface area contributed by atoms with Crippen LogP contribution in [0.1, 0.15) is 40.0 Å². The normalized spacial score (nSPS) is 11.9. The van der Waals surface area contributed by atoms with Crippen LogP contribution in [-0.2, 0) is 4.79 Å². The molecule has 0 aromatic heterocycles. The highest BCUT2D eigenvalue weighted by Crippen LogP contribution is 2.15. The lowest BCUT2D eigenvalue weighted by Gasteiger charge is -2.29. The second kappa shape index (κ2) is 7.34. The van der Waals surface area contributed by atoms with Gasteiger partial charge < -0.3 is 5.32 Å². The van der Waals surface area contributed by atoms with Gasteiger partial charge in [-0.2, -0.15) is 0 Å². The maximum Gasteiger partial charge on any atom is 0.220 e. The zero-order valence-electron chi connectivity index (χ0n) is 9.78. The third-order valence-electron chi connectivity index (χ3n) is 2.54. The van der Waals surface area contributed by atoms with Gasteiger partial charge in [0.15, 0.2) is 0 Å². The van der Waals surface area contributed by atoms with E-state index in [9.17, 15) is 4.79 Å². The molecule has 0 aliphatic carbocycles. The number of hydrogen-bond acceptors (Lipinski definition) is 1. The van der Waals surface area contributed by atoms with Crippen LogP contribution in [0.5, 0.6) is 0 Å². The minimum absolute atomic E-state index is 0.0480. The van der Waals surface area contributed by atoms with Gasteiger partial charge in [0, 0.05) is 18.2 Å². The Morgan fingerprint density at radius 2 is 1.87 bits per heavy atom. The Labute approximate surface area is 103 Å². The average Bonchev–Trinajstić information content (AvgIpc) is 2.23. The van der Waals surface area contributed by atoms with Gasteiger partial charge in [-0.25, -0.2) is 0 Å². The number of alkyl halides is 2. The first-order valence-electron chi connectivity index (χ1n) is 5.42. The summed E-state index contributed by atoms with van der Waals surface area (Å²) in [5.41, 5.74) is -0.433. The number of rotatable bonds is 7. The van der Waals surface area contributed by atoms with E-state index < -0.39 is 5.54 Å². The Morgan fingerprint density at radius 3 is 2.20 bits per heavy atom. The van der Waals surface area contributed by atoms with Crippen molar-refractivity contribution in [3.05, 3.63) is 0 Å². The van der Waals surface area contributed by atoms with Crippen molar-refractivity contribution in [3.63, 3.8) is 0 Å². The molecule has 0 atom stereocenters. The summed E-state index contributed by atoms with van der Waals surface area (Å²) in [5, 5.41) is 2.93. The average molecular weight is 254 g/mol. The summed E-state index contributed by atoms with van der Waals surface area (Å²) in [5.74, 6) is 1.31. The fourth-order valence-electron chi connectivity index (χ4n) is 1.16. The second-order valence-electron chi connectivity index (χ2n) is 4.38. The number of carbonyl (C=O) groups excluding carboxylic acids is 1. The van der Waals surface area contributed by atoms with Gasteiger partial charge in [-0.05, 0) is 18.8 Å². The summed E-state index contributed by atoms with van der Waals surface area (Å²) in [6, 6.07) is 0. The van der Waals surface area contributed by atoms with Gasteiger partial charge in [-0.3, -0.25) is 4.79 Å². The molecule has 15 heavy (non-hydrogen) atoms. The first kappa shape index (κ1) is 15.0. The SMILES string of the molecule is CCC(CCl)(CCl)NC(=O)CCC(C)C. The largest absolute Gasteiger partial charge is 0.348 e. The maximum absolute atomic E-state index is 11.6. The molecule has 0 rings (SSSR count). The van der Waals surface area contributed by atoms with Gasteiger partial charge >= 0.3 is 0 Å². The molecule has 0 bridgehead atoms. The van der Waals surface area contributed by atoms with Crippen molar-refractivity contribution in [2.24, 2.45) is 5.92 Å². The fraction of sp³-hybridized carbons (Fsp3) is 0.909. The molecule has 0 heterocycles. The van der Waals surface area contributed by atoms with Crippen LogP contribution >= 0.6 is 23.2 Å². The smallest absolute Gasteiger partial charge is 0.220 e. The van der Waals surface area contributed by atoms with Gasteiger partial charge in [0.1, 0.15) is 0 Å². The standard InChI is InChI=1S/C11H21Cl2NO/c1-4-11(7-12,8-13)14-10(15)6-5-9(2)3/h9H,4-8H2,1-3H3,(H,14,15). The molecule has 0 unspecified atom stereocenters. The van der Waals surface area contributed by atoms with Gasteiger partial charge in [0.25, 0.3) is 0 Å². The number of nitrogens with one attached hydrogen (secondary N) is 1. The van der Waals surface area contributed by atoms with Crippen molar-refractivity contribution in [2.75, 3.05) is 11.8 Å². The molecule has 0 saturated heterocycles. The zero-order chi connectivity index (χ0) is 11.9. The summed E-state index contributed by atoms with van der Waals surface area (Å²) < 4.78 is 0. The molecule has 0 saturated carbocycles. The van der Waals surface area contributed by atoms with Crippen LogP contribution in [0.25, 0.3) is 0 Å². The van der Waals surface area contributed by atoms with Gasteiger partial charge in [0.05, 0.1) is 5.54 Å². The molecule has 0 radical (unpaired) electrons. The van der Waals surface area contributed by atoms with E-state index in [4.69, 9.17) is 23.2 Å². The van der Waals surface area contributed by atoms with E-state index in [0.717, 1.165) is 12.8 Å². The highest BCUT2D eigenvalue weighted by Gasteiger charge is 2.27. The van der Waals surface area contributed by atoms with Crippen LogP contribution in [0, 0.1) is 5.92 Å².